The fourth-order valence-corrected chi connectivity index (χ4v) is 3.13. The van der Waals surface area contributed by atoms with E-state index in [-0.39, 0.29) is 18.2 Å². The molecule has 0 spiro atoms. The normalized spacial score (nSPS) is 11.7. The summed E-state index contributed by atoms with van der Waals surface area (Å²) in [6.07, 6.45) is 0.287. The maximum Gasteiger partial charge on any atom is 0.242 e. The van der Waals surface area contributed by atoms with E-state index in [0.717, 1.165) is 22.3 Å². The highest BCUT2D eigenvalue weighted by Crippen LogP contribution is 2.15. The molecule has 2 rings (SSSR count). The Bertz CT molecular complexity index is 761. The minimum absolute atomic E-state index is 0.0494. The Hall–Kier alpha value is -2.62. The van der Waals surface area contributed by atoms with Crippen LogP contribution in [0.2, 0.25) is 0 Å². The van der Waals surface area contributed by atoms with Crippen LogP contribution in [0.25, 0.3) is 0 Å². The molecule has 0 aliphatic heterocycles. The topological polar surface area (TPSA) is 49.4 Å². The lowest BCUT2D eigenvalue weighted by Gasteiger charge is -2.28. The van der Waals surface area contributed by atoms with Gasteiger partial charge in [0.2, 0.25) is 11.8 Å². The van der Waals surface area contributed by atoms with Crippen molar-refractivity contribution in [1.82, 2.24) is 10.2 Å². The molecule has 2 aromatic carbocycles. The van der Waals surface area contributed by atoms with Gasteiger partial charge in [-0.15, -0.1) is 0 Å². The number of aryl methyl sites for hydroxylation is 3. The number of rotatable bonds is 6. The Kier molecular flexibility index (Phi) is 6.56. The van der Waals surface area contributed by atoms with Crippen LogP contribution in [-0.4, -0.2) is 29.8 Å². The molecule has 0 radical (unpaired) electrons. The number of carbonyl (C=O) groups is 2. The molecule has 0 aromatic heterocycles. The van der Waals surface area contributed by atoms with Gasteiger partial charge in [-0.3, -0.25) is 9.59 Å². The molecule has 4 nitrogen and oxygen atoms in total. The summed E-state index contributed by atoms with van der Waals surface area (Å²) in [5, 5.41) is 2.64. The summed E-state index contributed by atoms with van der Waals surface area (Å²) in [5.74, 6) is -0.211. The highest BCUT2D eigenvalue weighted by atomic mass is 16.2. The molecule has 0 fully saturated rings. The van der Waals surface area contributed by atoms with E-state index in [2.05, 4.69) is 11.4 Å². The predicted molar refractivity (Wildman–Crippen MR) is 105 cm³/mol. The van der Waals surface area contributed by atoms with E-state index < -0.39 is 6.04 Å². The first-order valence-electron chi connectivity index (χ1n) is 8.94. The molecular formula is C22H28N2O2. The zero-order valence-electron chi connectivity index (χ0n) is 16.3. The van der Waals surface area contributed by atoms with Crippen LogP contribution in [-0.2, 0) is 22.6 Å². The van der Waals surface area contributed by atoms with E-state index in [1.54, 1.807) is 18.9 Å². The molecule has 0 saturated heterocycles. The Labute approximate surface area is 156 Å². The van der Waals surface area contributed by atoms with Crippen LogP contribution in [0.5, 0.6) is 0 Å². The van der Waals surface area contributed by atoms with Crippen LogP contribution >= 0.6 is 0 Å². The van der Waals surface area contributed by atoms with Gasteiger partial charge in [-0.05, 0) is 38.8 Å². The van der Waals surface area contributed by atoms with Crippen LogP contribution in [0, 0.1) is 20.8 Å². The van der Waals surface area contributed by atoms with Crippen molar-refractivity contribution in [2.75, 3.05) is 7.05 Å². The van der Waals surface area contributed by atoms with Gasteiger partial charge in [-0.2, -0.15) is 0 Å². The summed E-state index contributed by atoms with van der Waals surface area (Å²) in [7, 11) is 1.59. The summed E-state index contributed by atoms with van der Waals surface area (Å²) >= 11 is 0. The van der Waals surface area contributed by atoms with Crippen LogP contribution < -0.4 is 5.32 Å². The molecule has 0 bridgehead atoms. The molecule has 138 valence electrons. The van der Waals surface area contributed by atoms with E-state index in [0.29, 0.717) is 6.54 Å². The van der Waals surface area contributed by atoms with Gasteiger partial charge in [0, 0.05) is 13.6 Å². The molecule has 26 heavy (non-hydrogen) atoms. The third-order valence-corrected chi connectivity index (χ3v) is 4.52. The smallest absolute Gasteiger partial charge is 0.242 e. The Balaban J connectivity index is 2.24. The maximum atomic E-state index is 13.0. The van der Waals surface area contributed by atoms with Crippen LogP contribution in [0.3, 0.4) is 0 Å². The SMILES string of the molecule is CNC(=O)[C@@H](C)N(Cc1ccc(C)cc1)C(=O)Cc1cc(C)cc(C)c1. The molecule has 4 heteroatoms. The third-order valence-electron chi connectivity index (χ3n) is 4.52. The molecule has 1 N–H and O–H groups in total. The molecule has 0 aliphatic carbocycles. The summed E-state index contributed by atoms with van der Waals surface area (Å²) in [6.45, 7) is 8.27. The lowest BCUT2D eigenvalue weighted by molar-refractivity contribution is -0.139. The van der Waals surface area contributed by atoms with Crippen molar-refractivity contribution in [2.24, 2.45) is 0 Å². The van der Waals surface area contributed by atoms with Crippen molar-refractivity contribution in [3.8, 4) is 0 Å². The maximum absolute atomic E-state index is 13.0. The van der Waals surface area contributed by atoms with Gasteiger partial charge in [0.1, 0.15) is 6.04 Å². The second kappa shape index (κ2) is 8.65. The zero-order valence-corrected chi connectivity index (χ0v) is 16.3. The van der Waals surface area contributed by atoms with Gasteiger partial charge in [0.25, 0.3) is 0 Å². The van der Waals surface area contributed by atoms with Crippen molar-refractivity contribution in [2.45, 2.75) is 46.7 Å². The Morgan fingerprint density at radius 1 is 0.923 bits per heavy atom. The second-order valence-corrected chi connectivity index (χ2v) is 6.97. The minimum atomic E-state index is -0.528. The van der Waals surface area contributed by atoms with Crippen molar-refractivity contribution >= 4 is 11.8 Å². The number of carbonyl (C=O) groups excluding carboxylic acids is 2. The summed E-state index contributed by atoms with van der Waals surface area (Å²) in [6, 6.07) is 13.7. The summed E-state index contributed by atoms with van der Waals surface area (Å²) < 4.78 is 0. The average Bonchev–Trinajstić information content (AvgIpc) is 2.58. The van der Waals surface area contributed by atoms with E-state index in [9.17, 15) is 9.59 Å². The van der Waals surface area contributed by atoms with Crippen LogP contribution in [0.4, 0.5) is 0 Å². The fraction of sp³-hybridized carbons (Fsp3) is 0.364. The van der Waals surface area contributed by atoms with E-state index >= 15 is 0 Å². The van der Waals surface area contributed by atoms with Crippen LogP contribution in [0.1, 0.15) is 34.7 Å². The first-order chi connectivity index (χ1) is 12.3. The summed E-state index contributed by atoms with van der Waals surface area (Å²) in [5.41, 5.74) is 5.43. The molecule has 2 aromatic rings. The van der Waals surface area contributed by atoms with Crippen molar-refractivity contribution in [3.63, 3.8) is 0 Å². The number of nitrogens with one attached hydrogen (secondary N) is 1. The lowest BCUT2D eigenvalue weighted by atomic mass is 10.0. The number of benzene rings is 2. The van der Waals surface area contributed by atoms with Gasteiger partial charge in [0.05, 0.1) is 6.42 Å². The Morgan fingerprint density at radius 3 is 2.04 bits per heavy atom. The average molecular weight is 352 g/mol. The minimum Gasteiger partial charge on any atom is -0.357 e. The van der Waals surface area contributed by atoms with E-state index in [1.807, 2.05) is 57.2 Å². The quantitative estimate of drug-likeness (QED) is 0.867. The first-order valence-corrected chi connectivity index (χ1v) is 8.94. The predicted octanol–water partition coefficient (Wildman–Crippen LogP) is 3.32. The number of nitrogens with zero attached hydrogens (tertiary/aromatic N) is 1. The van der Waals surface area contributed by atoms with Gasteiger partial charge in [-0.25, -0.2) is 0 Å². The van der Waals surface area contributed by atoms with Gasteiger partial charge >= 0.3 is 0 Å². The second-order valence-electron chi connectivity index (χ2n) is 6.97. The Morgan fingerprint density at radius 2 is 1.50 bits per heavy atom. The van der Waals surface area contributed by atoms with Gasteiger partial charge in [0.15, 0.2) is 0 Å². The molecular weight excluding hydrogens is 324 g/mol. The third kappa shape index (κ3) is 5.19. The molecule has 0 aliphatic rings. The number of amides is 2. The number of hydrogen-bond acceptors (Lipinski definition) is 2. The molecule has 0 heterocycles. The highest BCUT2D eigenvalue weighted by Gasteiger charge is 2.25. The highest BCUT2D eigenvalue weighted by molar-refractivity contribution is 5.88. The number of likely N-dealkylation sites (N-methyl/N-ethyl adjacent to an activating group) is 1. The van der Waals surface area contributed by atoms with Crippen molar-refractivity contribution in [1.29, 1.82) is 0 Å². The number of hydrogen-bond donors (Lipinski definition) is 1. The first kappa shape index (κ1) is 19.7. The monoisotopic (exact) mass is 352 g/mol. The molecule has 2 amide bonds. The largest absolute Gasteiger partial charge is 0.357 e. The molecule has 0 saturated carbocycles. The standard InChI is InChI=1S/C22H28N2O2/c1-15-6-8-19(9-7-15)14-24(18(4)22(26)23-5)21(25)13-20-11-16(2)10-17(3)12-20/h6-12,18H,13-14H2,1-5H3,(H,23,26)/t18-/m1/s1. The van der Waals surface area contributed by atoms with E-state index in [4.69, 9.17) is 0 Å². The lowest BCUT2D eigenvalue weighted by Crippen LogP contribution is -2.47. The summed E-state index contributed by atoms with van der Waals surface area (Å²) in [4.78, 5) is 26.8. The van der Waals surface area contributed by atoms with E-state index in [1.165, 1.54) is 5.56 Å². The van der Waals surface area contributed by atoms with Gasteiger partial charge < -0.3 is 10.2 Å². The van der Waals surface area contributed by atoms with Gasteiger partial charge in [-0.1, -0.05) is 59.2 Å². The zero-order chi connectivity index (χ0) is 19.3. The fourth-order valence-electron chi connectivity index (χ4n) is 3.13. The van der Waals surface area contributed by atoms with Crippen LogP contribution in [0.15, 0.2) is 42.5 Å². The van der Waals surface area contributed by atoms with Crippen molar-refractivity contribution in [3.05, 3.63) is 70.3 Å². The molecule has 1 atom stereocenters. The molecule has 0 unspecified atom stereocenters. The van der Waals surface area contributed by atoms with Crippen molar-refractivity contribution < 1.29 is 9.59 Å².